The third-order valence-corrected chi connectivity index (χ3v) is 5.26. The molecular formula is C21H23FN2O3. The number of hydrogen-bond acceptors (Lipinski definition) is 4. The van der Waals surface area contributed by atoms with Gasteiger partial charge in [0, 0.05) is 12.6 Å². The third kappa shape index (κ3) is 4.39. The summed E-state index contributed by atoms with van der Waals surface area (Å²) in [5, 5.41) is 3.54. The average molecular weight is 370 g/mol. The first-order chi connectivity index (χ1) is 13.2. The molecule has 0 spiro atoms. The highest BCUT2D eigenvalue weighted by Crippen LogP contribution is 2.33. The summed E-state index contributed by atoms with van der Waals surface area (Å²) < 4.78 is 23.6. The van der Waals surface area contributed by atoms with E-state index in [1.807, 2.05) is 12.1 Å². The normalized spacial score (nSPS) is 20.0. The quantitative estimate of drug-likeness (QED) is 0.645. The van der Waals surface area contributed by atoms with E-state index in [2.05, 4.69) is 16.4 Å². The Morgan fingerprint density at radius 2 is 1.89 bits per heavy atom. The topological polar surface area (TPSA) is 67.3 Å². The fourth-order valence-electron chi connectivity index (χ4n) is 3.81. The molecule has 1 aliphatic carbocycles. The summed E-state index contributed by atoms with van der Waals surface area (Å²) in [4.78, 5) is 14.0. The van der Waals surface area contributed by atoms with Crippen molar-refractivity contribution in [2.75, 3.05) is 13.2 Å². The van der Waals surface area contributed by atoms with E-state index in [0.29, 0.717) is 29.9 Å². The molecule has 4 rings (SSSR count). The molecule has 0 saturated heterocycles. The van der Waals surface area contributed by atoms with E-state index in [9.17, 15) is 9.18 Å². The predicted molar refractivity (Wildman–Crippen MR) is 102 cm³/mol. The van der Waals surface area contributed by atoms with Crippen molar-refractivity contribution in [3.8, 4) is 5.75 Å². The third-order valence-electron chi connectivity index (χ3n) is 5.26. The van der Waals surface area contributed by atoms with E-state index in [0.717, 1.165) is 37.7 Å². The fourth-order valence-corrected chi connectivity index (χ4v) is 3.81. The Morgan fingerprint density at radius 1 is 1.11 bits per heavy atom. The number of aromatic amines is 1. The Labute approximate surface area is 156 Å². The lowest BCUT2D eigenvalue weighted by molar-refractivity contribution is 0.282. The summed E-state index contributed by atoms with van der Waals surface area (Å²) in [7, 11) is 0. The second-order valence-corrected chi connectivity index (χ2v) is 7.08. The second kappa shape index (κ2) is 7.96. The smallest absolute Gasteiger partial charge is 0.417 e. The highest BCUT2D eigenvalue weighted by molar-refractivity contribution is 5.72. The van der Waals surface area contributed by atoms with Crippen molar-refractivity contribution >= 4 is 11.1 Å². The number of benzene rings is 2. The molecule has 1 aromatic heterocycles. The lowest BCUT2D eigenvalue weighted by Gasteiger charge is -2.29. The molecule has 2 N–H and O–H groups in total. The maximum absolute atomic E-state index is 12.9. The zero-order chi connectivity index (χ0) is 18.6. The number of fused-ring (bicyclic) bond motifs is 1. The monoisotopic (exact) mass is 370 g/mol. The Kier molecular flexibility index (Phi) is 5.25. The van der Waals surface area contributed by atoms with Gasteiger partial charge in [-0.05, 0) is 73.6 Å². The Bertz CT molecular complexity index is 940. The second-order valence-electron chi connectivity index (χ2n) is 7.08. The summed E-state index contributed by atoms with van der Waals surface area (Å²) in [6.45, 7) is 1.34. The van der Waals surface area contributed by atoms with Crippen molar-refractivity contribution in [3.63, 3.8) is 0 Å². The van der Waals surface area contributed by atoms with Crippen LogP contribution in [0.5, 0.6) is 5.75 Å². The molecule has 0 aliphatic heterocycles. The molecule has 0 atom stereocenters. The Balaban J connectivity index is 1.22. The van der Waals surface area contributed by atoms with Crippen molar-refractivity contribution in [1.29, 1.82) is 0 Å². The van der Waals surface area contributed by atoms with Crippen LogP contribution in [0.15, 0.2) is 51.7 Å². The van der Waals surface area contributed by atoms with Crippen LogP contribution >= 0.6 is 0 Å². The van der Waals surface area contributed by atoms with Crippen molar-refractivity contribution < 1.29 is 13.5 Å². The highest BCUT2D eigenvalue weighted by atomic mass is 19.1. The molecule has 1 fully saturated rings. The van der Waals surface area contributed by atoms with Crippen molar-refractivity contribution in [1.82, 2.24) is 10.3 Å². The molecule has 142 valence electrons. The number of aromatic nitrogens is 1. The van der Waals surface area contributed by atoms with Gasteiger partial charge in [0.1, 0.15) is 18.2 Å². The molecule has 2 aromatic carbocycles. The SMILES string of the molecule is O=c1[nH]c2ccc(C3CCC(NCCOc4ccc(F)cc4)CC3)cc2o1. The maximum Gasteiger partial charge on any atom is 0.417 e. The summed E-state index contributed by atoms with van der Waals surface area (Å²) in [6, 6.07) is 12.6. The van der Waals surface area contributed by atoms with Crippen LogP contribution in [0.3, 0.4) is 0 Å². The minimum atomic E-state index is -0.405. The molecule has 1 saturated carbocycles. The number of H-pyrrole nitrogens is 1. The van der Waals surface area contributed by atoms with Gasteiger partial charge in [0.2, 0.25) is 0 Å². The van der Waals surface area contributed by atoms with Crippen molar-refractivity contribution in [2.24, 2.45) is 0 Å². The molecule has 3 aromatic rings. The molecule has 0 bridgehead atoms. The van der Waals surface area contributed by atoms with Gasteiger partial charge in [0.25, 0.3) is 0 Å². The minimum Gasteiger partial charge on any atom is -0.492 e. The molecule has 5 nitrogen and oxygen atoms in total. The van der Waals surface area contributed by atoms with Gasteiger partial charge in [0.15, 0.2) is 5.58 Å². The number of nitrogens with one attached hydrogen (secondary N) is 2. The zero-order valence-corrected chi connectivity index (χ0v) is 15.0. The lowest BCUT2D eigenvalue weighted by Crippen LogP contribution is -2.35. The van der Waals surface area contributed by atoms with Gasteiger partial charge in [-0.2, -0.15) is 0 Å². The van der Waals surface area contributed by atoms with E-state index < -0.39 is 5.76 Å². The first-order valence-corrected chi connectivity index (χ1v) is 9.42. The average Bonchev–Trinajstić information content (AvgIpc) is 3.06. The van der Waals surface area contributed by atoms with Crippen LogP contribution in [0.2, 0.25) is 0 Å². The van der Waals surface area contributed by atoms with Crippen LogP contribution in [0.4, 0.5) is 4.39 Å². The van der Waals surface area contributed by atoms with Gasteiger partial charge in [-0.1, -0.05) is 6.07 Å². The molecule has 27 heavy (non-hydrogen) atoms. The van der Waals surface area contributed by atoms with Crippen LogP contribution in [-0.4, -0.2) is 24.2 Å². The molecule has 0 radical (unpaired) electrons. The van der Waals surface area contributed by atoms with Gasteiger partial charge in [-0.15, -0.1) is 0 Å². The molecule has 1 heterocycles. The van der Waals surface area contributed by atoms with Gasteiger partial charge in [-0.3, -0.25) is 4.98 Å². The van der Waals surface area contributed by atoms with Gasteiger partial charge in [0.05, 0.1) is 5.52 Å². The zero-order valence-electron chi connectivity index (χ0n) is 15.0. The summed E-state index contributed by atoms with van der Waals surface area (Å²) in [6.07, 6.45) is 4.43. The number of halogens is 1. The summed E-state index contributed by atoms with van der Waals surface area (Å²) >= 11 is 0. The van der Waals surface area contributed by atoms with E-state index in [1.165, 1.54) is 17.7 Å². The lowest BCUT2D eigenvalue weighted by atomic mass is 9.81. The Hall–Kier alpha value is -2.60. The number of hydrogen-bond donors (Lipinski definition) is 2. The standard InChI is InChI=1S/C21H23FN2O3/c22-16-4-8-18(9-5-16)26-12-11-23-17-6-1-14(2-7-17)15-3-10-19-20(13-15)27-21(25)24-19/h3-5,8-10,13-14,17,23H,1-2,6-7,11-12H2,(H,24,25). The van der Waals surface area contributed by atoms with Gasteiger partial charge < -0.3 is 14.5 Å². The highest BCUT2D eigenvalue weighted by Gasteiger charge is 2.22. The van der Waals surface area contributed by atoms with Crippen LogP contribution in [0, 0.1) is 5.82 Å². The van der Waals surface area contributed by atoms with Crippen LogP contribution < -0.4 is 15.8 Å². The van der Waals surface area contributed by atoms with E-state index >= 15 is 0 Å². The largest absolute Gasteiger partial charge is 0.492 e. The van der Waals surface area contributed by atoms with Crippen LogP contribution in [0.25, 0.3) is 11.1 Å². The van der Waals surface area contributed by atoms with Crippen molar-refractivity contribution in [2.45, 2.75) is 37.6 Å². The van der Waals surface area contributed by atoms with E-state index in [-0.39, 0.29) is 5.82 Å². The van der Waals surface area contributed by atoms with Crippen molar-refractivity contribution in [3.05, 3.63) is 64.4 Å². The number of oxazole rings is 1. The number of ether oxygens (including phenoxy) is 1. The molecular weight excluding hydrogens is 347 g/mol. The van der Waals surface area contributed by atoms with Crippen LogP contribution in [0.1, 0.15) is 37.2 Å². The summed E-state index contributed by atoms with van der Waals surface area (Å²) in [5.74, 6) is 0.532. The summed E-state index contributed by atoms with van der Waals surface area (Å²) in [5.41, 5.74) is 2.62. The molecule has 6 heteroatoms. The fraction of sp³-hybridized carbons (Fsp3) is 0.381. The molecule has 0 amide bonds. The molecule has 0 unspecified atom stereocenters. The van der Waals surface area contributed by atoms with E-state index in [1.54, 1.807) is 12.1 Å². The Morgan fingerprint density at radius 3 is 2.67 bits per heavy atom. The van der Waals surface area contributed by atoms with Crippen LogP contribution in [-0.2, 0) is 0 Å². The van der Waals surface area contributed by atoms with E-state index in [4.69, 9.17) is 9.15 Å². The minimum absolute atomic E-state index is 0.255. The predicted octanol–water partition coefficient (Wildman–Crippen LogP) is 3.96. The maximum atomic E-state index is 12.9. The molecule has 1 aliphatic rings. The van der Waals surface area contributed by atoms with Gasteiger partial charge >= 0.3 is 5.76 Å². The first kappa shape index (κ1) is 17.8. The van der Waals surface area contributed by atoms with Gasteiger partial charge in [-0.25, -0.2) is 9.18 Å². The number of rotatable bonds is 6. The first-order valence-electron chi connectivity index (χ1n) is 9.42.